The van der Waals surface area contributed by atoms with Crippen LogP contribution in [-0.4, -0.2) is 35.8 Å². The van der Waals surface area contributed by atoms with Gasteiger partial charge >= 0.3 is 6.09 Å². The Labute approximate surface area is 158 Å². The lowest BCUT2D eigenvalue weighted by atomic mass is 9.84. The highest BCUT2D eigenvalue weighted by Crippen LogP contribution is 2.33. The molecule has 1 saturated heterocycles. The molecule has 0 aromatic heterocycles. The summed E-state index contributed by atoms with van der Waals surface area (Å²) in [6.45, 7) is 10.3. The molecule has 1 aliphatic heterocycles. The normalized spacial score (nSPS) is 23.6. The molecule has 1 aliphatic rings. The lowest BCUT2D eigenvalue weighted by Crippen LogP contribution is -2.53. The number of para-hydroxylation sites is 1. The fourth-order valence-corrected chi connectivity index (χ4v) is 4.02. The molecule has 1 aromatic rings. The molecule has 4 nitrogen and oxygen atoms in total. The van der Waals surface area contributed by atoms with Crippen LogP contribution in [0.3, 0.4) is 0 Å². The van der Waals surface area contributed by atoms with Gasteiger partial charge < -0.3 is 14.4 Å². The molecule has 1 aromatic carbocycles. The Morgan fingerprint density at radius 1 is 1.19 bits per heavy atom. The van der Waals surface area contributed by atoms with Crippen molar-refractivity contribution in [1.29, 1.82) is 0 Å². The van der Waals surface area contributed by atoms with E-state index in [2.05, 4.69) is 19.9 Å². The molecule has 1 amide bonds. The number of amides is 1. The Hall–Kier alpha value is -1.71. The number of hydrogen-bond donors (Lipinski definition) is 0. The molecular weight excluding hydrogens is 326 g/mol. The first-order valence-electron chi connectivity index (χ1n) is 9.88. The first kappa shape index (κ1) is 20.6. The second-order valence-electron chi connectivity index (χ2n) is 8.53. The number of piperidine rings is 1. The number of likely N-dealkylation sites (tertiary alicyclic amines) is 1. The Balaban J connectivity index is 2.16. The Bertz CT molecular complexity index is 593. The molecule has 26 heavy (non-hydrogen) atoms. The number of benzene rings is 1. The second-order valence-corrected chi connectivity index (χ2v) is 8.53. The topological polar surface area (TPSA) is 38.8 Å². The molecule has 0 saturated carbocycles. The monoisotopic (exact) mass is 361 g/mol. The predicted octanol–water partition coefficient (Wildman–Crippen LogP) is 5.44. The van der Waals surface area contributed by atoms with Crippen LogP contribution in [0.5, 0.6) is 5.75 Å². The molecule has 2 rings (SSSR count). The zero-order chi connectivity index (χ0) is 19.3. The van der Waals surface area contributed by atoms with Crippen LogP contribution in [0, 0.1) is 5.92 Å². The van der Waals surface area contributed by atoms with Gasteiger partial charge in [0.15, 0.2) is 0 Å². The molecule has 0 spiro atoms. The van der Waals surface area contributed by atoms with E-state index in [-0.39, 0.29) is 18.2 Å². The van der Waals surface area contributed by atoms with Gasteiger partial charge in [0.05, 0.1) is 7.11 Å². The third-order valence-electron chi connectivity index (χ3n) is 5.15. The fraction of sp³-hybridized carbons (Fsp3) is 0.682. The van der Waals surface area contributed by atoms with Gasteiger partial charge in [-0.15, -0.1) is 0 Å². The van der Waals surface area contributed by atoms with Crippen molar-refractivity contribution in [2.45, 2.75) is 84.4 Å². The summed E-state index contributed by atoms with van der Waals surface area (Å²) in [6.07, 6.45) is 4.72. The highest BCUT2D eigenvalue weighted by Gasteiger charge is 2.38. The highest BCUT2D eigenvalue weighted by molar-refractivity contribution is 5.69. The van der Waals surface area contributed by atoms with Crippen LogP contribution in [-0.2, 0) is 11.2 Å². The predicted molar refractivity (Wildman–Crippen MR) is 106 cm³/mol. The molecule has 146 valence electrons. The van der Waals surface area contributed by atoms with E-state index >= 15 is 0 Å². The molecular formula is C22H35NO3. The quantitative estimate of drug-likeness (QED) is 0.701. The number of carbonyl (C=O) groups is 1. The third-order valence-corrected chi connectivity index (χ3v) is 5.15. The molecule has 0 unspecified atom stereocenters. The van der Waals surface area contributed by atoms with Crippen molar-refractivity contribution in [3.05, 3.63) is 29.8 Å². The number of ether oxygens (including phenoxy) is 2. The summed E-state index contributed by atoms with van der Waals surface area (Å²) < 4.78 is 11.2. The minimum Gasteiger partial charge on any atom is -0.496 e. The zero-order valence-electron chi connectivity index (χ0n) is 17.2. The maximum Gasteiger partial charge on any atom is 0.410 e. The largest absolute Gasteiger partial charge is 0.496 e. The average Bonchev–Trinajstić information content (AvgIpc) is 2.57. The number of hydrogen-bond acceptors (Lipinski definition) is 3. The first-order valence-corrected chi connectivity index (χ1v) is 9.88. The van der Waals surface area contributed by atoms with Crippen molar-refractivity contribution in [2.75, 3.05) is 7.11 Å². The van der Waals surface area contributed by atoms with Crippen molar-refractivity contribution < 1.29 is 14.3 Å². The van der Waals surface area contributed by atoms with Crippen LogP contribution >= 0.6 is 0 Å². The zero-order valence-corrected chi connectivity index (χ0v) is 17.2. The lowest BCUT2D eigenvalue weighted by molar-refractivity contribution is -0.0142. The second kappa shape index (κ2) is 8.79. The van der Waals surface area contributed by atoms with Gasteiger partial charge in [-0.25, -0.2) is 4.79 Å². The van der Waals surface area contributed by atoms with Crippen LogP contribution in [0.1, 0.15) is 65.9 Å². The van der Waals surface area contributed by atoms with E-state index in [4.69, 9.17) is 9.47 Å². The minimum atomic E-state index is -0.467. The van der Waals surface area contributed by atoms with Crippen molar-refractivity contribution in [3.8, 4) is 5.75 Å². The van der Waals surface area contributed by atoms with Crippen molar-refractivity contribution in [3.63, 3.8) is 0 Å². The van der Waals surface area contributed by atoms with E-state index in [0.717, 1.165) is 37.9 Å². The van der Waals surface area contributed by atoms with Gasteiger partial charge in [-0.05, 0) is 70.4 Å². The molecule has 0 aliphatic carbocycles. The summed E-state index contributed by atoms with van der Waals surface area (Å²) in [7, 11) is 1.71. The van der Waals surface area contributed by atoms with Gasteiger partial charge in [0.1, 0.15) is 11.4 Å². The molecule has 1 fully saturated rings. The first-order chi connectivity index (χ1) is 12.2. The van der Waals surface area contributed by atoms with E-state index < -0.39 is 5.60 Å². The van der Waals surface area contributed by atoms with Crippen LogP contribution < -0.4 is 4.74 Å². The highest BCUT2D eigenvalue weighted by atomic mass is 16.6. The Kier molecular flexibility index (Phi) is 6.96. The molecule has 4 heteroatoms. The molecule has 3 atom stereocenters. The third kappa shape index (κ3) is 5.39. The number of carbonyl (C=O) groups excluding carboxylic acids is 1. The fourth-order valence-electron chi connectivity index (χ4n) is 4.02. The van der Waals surface area contributed by atoms with Gasteiger partial charge in [-0.2, -0.15) is 0 Å². The summed E-state index contributed by atoms with van der Waals surface area (Å²) in [4.78, 5) is 14.9. The maximum absolute atomic E-state index is 12.9. The molecule has 0 radical (unpaired) electrons. The summed E-state index contributed by atoms with van der Waals surface area (Å²) in [5.41, 5.74) is 0.733. The number of methoxy groups -OCH3 is 1. The van der Waals surface area contributed by atoms with E-state index in [9.17, 15) is 4.79 Å². The number of rotatable bonds is 5. The van der Waals surface area contributed by atoms with E-state index in [1.54, 1.807) is 7.11 Å². The van der Waals surface area contributed by atoms with Crippen LogP contribution in [0.4, 0.5) is 4.79 Å². The summed E-state index contributed by atoms with van der Waals surface area (Å²) >= 11 is 0. The van der Waals surface area contributed by atoms with Crippen LogP contribution in [0.15, 0.2) is 24.3 Å². The SMILES string of the molecule is CC[C@@H]1C[C@H](C)C[C@H](CCc2ccccc2OC)N1C(=O)OC(C)(C)C. The van der Waals surface area contributed by atoms with E-state index in [1.807, 2.05) is 43.9 Å². The van der Waals surface area contributed by atoms with E-state index in [1.165, 1.54) is 5.56 Å². The van der Waals surface area contributed by atoms with Crippen LogP contribution in [0.25, 0.3) is 0 Å². The lowest BCUT2D eigenvalue weighted by Gasteiger charge is -2.44. The summed E-state index contributed by atoms with van der Waals surface area (Å²) in [5.74, 6) is 1.55. The standard InChI is InChI=1S/C22H35NO3/c1-7-18-14-16(2)15-19(23(18)21(24)26-22(3,4)5)13-12-17-10-8-9-11-20(17)25-6/h8-11,16,18-19H,7,12-15H2,1-6H3/t16-,18+,19-/m0/s1. The van der Waals surface area contributed by atoms with Crippen molar-refractivity contribution in [2.24, 2.45) is 5.92 Å². The summed E-state index contributed by atoms with van der Waals surface area (Å²) in [6, 6.07) is 8.62. The molecule has 0 bridgehead atoms. The Morgan fingerprint density at radius 3 is 2.46 bits per heavy atom. The van der Waals surface area contributed by atoms with Gasteiger partial charge in [-0.1, -0.05) is 32.0 Å². The smallest absolute Gasteiger partial charge is 0.410 e. The van der Waals surface area contributed by atoms with Gasteiger partial charge in [-0.3, -0.25) is 0 Å². The maximum atomic E-state index is 12.9. The number of nitrogens with zero attached hydrogens (tertiary/aromatic N) is 1. The van der Waals surface area contributed by atoms with Crippen molar-refractivity contribution >= 4 is 6.09 Å². The minimum absolute atomic E-state index is 0.165. The van der Waals surface area contributed by atoms with Crippen LogP contribution in [0.2, 0.25) is 0 Å². The molecule has 1 heterocycles. The van der Waals surface area contributed by atoms with Gasteiger partial charge in [0, 0.05) is 12.1 Å². The molecule has 0 N–H and O–H groups in total. The average molecular weight is 362 g/mol. The van der Waals surface area contributed by atoms with Gasteiger partial charge in [0.25, 0.3) is 0 Å². The Morgan fingerprint density at radius 2 is 1.85 bits per heavy atom. The van der Waals surface area contributed by atoms with Gasteiger partial charge in [0.2, 0.25) is 0 Å². The van der Waals surface area contributed by atoms with E-state index in [0.29, 0.717) is 5.92 Å². The summed E-state index contributed by atoms with van der Waals surface area (Å²) in [5, 5.41) is 0. The van der Waals surface area contributed by atoms with Crippen molar-refractivity contribution in [1.82, 2.24) is 4.90 Å². The number of aryl methyl sites for hydroxylation is 1.